The molecule has 0 aromatic heterocycles. The van der Waals surface area contributed by atoms with Gasteiger partial charge in [-0.3, -0.25) is 0 Å². The van der Waals surface area contributed by atoms with E-state index in [9.17, 15) is 0 Å². The van der Waals surface area contributed by atoms with Crippen molar-refractivity contribution in [3.8, 4) is 0 Å². The molecule has 1 aromatic carbocycles. The fraction of sp³-hybridized carbons (Fsp3) is 0.500. The summed E-state index contributed by atoms with van der Waals surface area (Å²) in [6, 6.07) is 8.56. The second-order valence-electron chi connectivity index (χ2n) is 3.86. The average Bonchev–Trinajstić information content (AvgIpc) is 2.23. The molecule has 1 heterocycles. The third kappa shape index (κ3) is 2.68. The average molecular weight is 207 g/mol. The van der Waals surface area contributed by atoms with Gasteiger partial charge >= 0.3 is 0 Å². The summed E-state index contributed by atoms with van der Waals surface area (Å²) in [4.78, 5) is 0. The minimum atomic E-state index is 0.323. The molecule has 0 amide bonds. The van der Waals surface area contributed by atoms with Gasteiger partial charge in [0, 0.05) is 11.5 Å². The van der Waals surface area contributed by atoms with Crippen LogP contribution in [0.2, 0.25) is 0 Å². The molecule has 0 unspecified atom stereocenters. The van der Waals surface area contributed by atoms with E-state index in [0.29, 0.717) is 10.7 Å². The van der Waals surface area contributed by atoms with Crippen LogP contribution >= 0.6 is 0 Å². The molecule has 1 aliphatic heterocycles. The van der Waals surface area contributed by atoms with Crippen LogP contribution in [0.25, 0.3) is 0 Å². The summed E-state index contributed by atoms with van der Waals surface area (Å²) in [5.41, 5.74) is 2.48. The summed E-state index contributed by atoms with van der Waals surface area (Å²) in [5, 5.41) is 0. The van der Waals surface area contributed by atoms with Gasteiger partial charge in [-0.05, 0) is 31.9 Å². The lowest BCUT2D eigenvalue weighted by Gasteiger charge is -2.13. The van der Waals surface area contributed by atoms with Gasteiger partial charge in [0.2, 0.25) is 0 Å². The van der Waals surface area contributed by atoms with E-state index in [1.54, 1.807) is 0 Å². The Kier molecular flexibility index (Phi) is 3.35. The van der Waals surface area contributed by atoms with Gasteiger partial charge in [0.1, 0.15) is 0 Å². The Morgan fingerprint density at radius 3 is 2.29 bits per heavy atom. The van der Waals surface area contributed by atoms with E-state index >= 15 is 0 Å². The number of hydrogen-bond donors (Lipinski definition) is 0. The van der Waals surface area contributed by atoms with Gasteiger partial charge in [-0.25, -0.2) is 4.36 Å². The smallest absolute Gasteiger partial charge is 0.0703 e. The molecule has 1 aromatic rings. The van der Waals surface area contributed by atoms with Crippen LogP contribution in [0.4, 0.5) is 5.69 Å². The van der Waals surface area contributed by atoms with Crippen LogP contribution in [0.15, 0.2) is 28.6 Å². The van der Waals surface area contributed by atoms with E-state index in [-0.39, 0.29) is 0 Å². The van der Waals surface area contributed by atoms with Crippen molar-refractivity contribution in [2.45, 2.75) is 26.2 Å². The summed E-state index contributed by atoms with van der Waals surface area (Å²) in [5.74, 6) is 2.63. The van der Waals surface area contributed by atoms with Crippen molar-refractivity contribution >= 4 is 16.4 Å². The zero-order chi connectivity index (χ0) is 9.80. The van der Waals surface area contributed by atoms with Gasteiger partial charge in [0.05, 0.1) is 5.69 Å². The molecular formula is C12H17NS. The van der Waals surface area contributed by atoms with Crippen LogP contribution in [0.1, 0.15) is 24.8 Å². The maximum absolute atomic E-state index is 4.79. The second-order valence-corrected chi connectivity index (χ2v) is 5.78. The summed E-state index contributed by atoms with van der Waals surface area (Å²) < 4.78 is 4.79. The highest BCUT2D eigenvalue weighted by atomic mass is 32.2. The van der Waals surface area contributed by atoms with Crippen LogP contribution in [0.3, 0.4) is 0 Å². The Labute approximate surface area is 88.6 Å². The molecule has 0 atom stereocenters. The fourth-order valence-corrected chi connectivity index (χ4v) is 3.54. The third-order valence-corrected chi connectivity index (χ3v) is 4.52. The van der Waals surface area contributed by atoms with Gasteiger partial charge in [-0.2, -0.15) is 0 Å². The van der Waals surface area contributed by atoms with Crippen LogP contribution < -0.4 is 0 Å². The highest BCUT2D eigenvalue weighted by Crippen LogP contribution is 2.17. The van der Waals surface area contributed by atoms with Crippen molar-refractivity contribution in [3.05, 3.63) is 29.8 Å². The molecule has 0 bridgehead atoms. The minimum Gasteiger partial charge on any atom is -0.228 e. The zero-order valence-corrected chi connectivity index (χ0v) is 9.52. The van der Waals surface area contributed by atoms with E-state index in [0.717, 1.165) is 0 Å². The summed E-state index contributed by atoms with van der Waals surface area (Å²) in [6.07, 6.45) is 4.16. The quantitative estimate of drug-likeness (QED) is 0.667. The first-order valence-corrected chi connectivity index (χ1v) is 6.82. The van der Waals surface area contributed by atoms with Crippen LogP contribution in [-0.4, -0.2) is 11.5 Å². The minimum absolute atomic E-state index is 0.323. The molecule has 2 rings (SSSR count). The molecule has 1 fully saturated rings. The molecule has 0 saturated carbocycles. The molecule has 14 heavy (non-hydrogen) atoms. The monoisotopic (exact) mass is 207 g/mol. The Hall–Kier alpha value is -0.630. The van der Waals surface area contributed by atoms with E-state index in [2.05, 4.69) is 31.2 Å². The van der Waals surface area contributed by atoms with Crippen molar-refractivity contribution in [2.24, 2.45) is 4.36 Å². The molecule has 1 nitrogen and oxygen atoms in total. The van der Waals surface area contributed by atoms with Crippen LogP contribution in [-0.2, 0) is 10.7 Å². The standard InChI is InChI=1S/C12H17NS/c1-11-5-7-12(8-6-11)13-14-9-3-2-4-10-14/h5-8H,2-4,9-10H2,1H3. The van der Waals surface area contributed by atoms with Crippen molar-refractivity contribution < 1.29 is 0 Å². The molecule has 76 valence electrons. The fourth-order valence-electron chi connectivity index (χ4n) is 1.66. The number of benzene rings is 1. The molecule has 0 spiro atoms. The summed E-state index contributed by atoms with van der Waals surface area (Å²) >= 11 is 0. The zero-order valence-electron chi connectivity index (χ0n) is 8.70. The lowest BCUT2D eigenvalue weighted by atomic mass is 10.2. The summed E-state index contributed by atoms with van der Waals surface area (Å²) in [7, 11) is 0.323. The molecule has 0 N–H and O–H groups in total. The van der Waals surface area contributed by atoms with Gasteiger partial charge in [0.15, 0.2) is 0 Å². The molecule has 1 saturated heterocycles. The van der Waals surface area contributed by atoms with Crippen LogP contribution in [0.5, 0.6) is 0 Å². The predicted octanol–water partition coefficient (Wildman–Crippen LogP) is 3.61. The highest BCUT2D eigenvalue weighted by Gasteiger charge is 2.04. The third-order valence-electron chi connectivity index (χ3n) is 2.53. The Bertz CT molecular complexity index is 319. The maximum Gasteiger partial charge on any atom is 0.0703 e. The van der Waals surface area contributed by atoms with Crippen LogP contribution in [0, 0.1) is 6.92 Å². The number of nitrogens with zero attached hydrogens (tertiary/aromatic N) is 1. The summed E-state index contributed by atoms with van der Waals surface area (Å²) in [6.45, 7) is 2.12. The molecule has 1 aliphatic rings. The lowest BCUT2D eigenvalue weighted by Crippen LogP contribution is -2.08. The Balaban J connectivity index is 2.11. The number of rotatable bonds is 1. The normalized spacial score (nSPS) is 18.1. The van der Waals surface area contributed by atoms with Gasteiger partial charge in [-0.15, -0.1) is 0 Å². The van der Waals surface area contributed by atoms with E-state index < -0.39 is 0 Å². The van der Waals surface area contributed by atoms with Crippen molar-refractivity contribution in [3.63, 3.8) is 0 Å². The predicted molar refractivity (Wildman–Crippen MR) is 64.2 cm³/mol. The largest absolute Gasteiger partial charge is 0.228 e. The topological polar surface area (TPSA) is 12.4 Å². The van der Waals surface area contributed by atoms with Crippen molar-refractivity contribution in [1.29, 1.82) is 0 Å². The molecule has 0 radical (unpaired) electrons. The second kappa shape index (κ2) is 4.74. The first-order chi connectivity index (χ1) is 6.84. The number of aryl methyl sites for hydroxylation is 1. The Morgan fingerprint density at radius 1 is 1.00 bits per heavy atom. The first kappa shape index (κ1) is 9.91. The Morgan fingerprint density at radius 2 is 1.64 bits per heavy atom. The SMILES string of the molecule is Cc1ccc(N=S2CCCCC2)cc1. The highest BCUT2D eigenvalue weighted by molar-refractivity contribution is 7.87. The molecular weight excluding hydrogens is 190 g/mol. The van der Waals surface area contributed by atoms with Crippen molar-refractivity contribution in [2.75, 3.05) is 11.5 Å². The van der Waals surface area contributed by atoms with Gasteiger partial charge in [-0.1, -0.05) is 34.8 Å². The van der Waals surface area contributed by atoms with Gasteiger partial charge < -0.3 is 0 Å². The van der Waals surface area contributed by atoms with Gasteiger partial charge in [0.25, 0.3) is 0 Å². The number of hydrogen-bond acceptors (Lipinski definition) is 1. The van der Waals surface area contributed by atoms with Crippen molar-refractivity contribution in [1.82, 2.24) is 0 Å². The molecule has 2 heteroatoms. The lowest BCUT2D eigenvalue weighted by molar-refractivity contribution is 0.760. The first-order valence-electron chi connectivity index (χ1n) is 5.30. The van der Waals surface area contributed by atoms with E-state index in [4.69, 9.17) is 4.36 Å². The van der Waals surface area contributed by atoms with E-state index in [1.807, 2.05) is 0 Å². The van der Waals surface area contributed by atoms with E-state index in [1.165, 1.54) is 42.0 Å². The molecule has 0 aliphatic carbocycles. The maximum atomic E-state index is 4.79.